The second-order valence-electron chi connectivity index (χ2n) is 8.33. The van der Waals surface area contributed by atoms with E-state index < -0.39 is 0 Å². The molecule has 4 N–H and O–H groups in total. The smallest absolute Gasteiger partial charge is 0.227 e. The SMILES string of the molecule is N=Cn1nc(N2CCN(C(=O)Cc3ccc(CON4NNc5ccccc54)cc3)CC2)ccc1=N. The maximum Gasteiger partial charge on any atom is 0.227 e. The van der Waals surface area contributed by atoms with Crippen molar-refractivity contribution in [2.75, 3.05) is 41.7 Å². The third kappa shape index (κ3) is 5.00. The van der Waals surface area contributed by atoms with Crippen LogP contribution in [0.3, 0.4) is 0 Å². The lowest BCUT2D eigenvalue weighted by Gasteiger charge is -2.35. The van der Waals surface area contributed by atoms with E-state index in [0.29, 0.717) is 45.0 Å². The fourth-order valence-corrected chi connectivity index (χ4v) is 4.09. The van der Waals surface area contributed by atoms with Crippen LogP contribution >= 0.6 is 0 Å². The molecule has 1 amide bonds. The van der Waals surface area contributed by atoms with Crippen molar-refractivity contribution in [2.24, 2.45) is 0 Å². The summed E-state index contributed by atoms with van der Waals surface area (Å²) in [5.41, 5.74) is 10.0. The molecular weight excluding hydrogens is 446 g/mol. The van der Waals surface area contributed by atoms with E-state index in [2.05, 4.69) is 21.0 Å². The molecule has 0 saturated carbocycles. The molecule has 2 aromatic carbocycles. The quantitative estimate of drug-likeness (QED) is 0.303. The second-order valence-corrected chi connectivity index (χ2v) is 8.33. The predicted octanol–water partition coefficient (Wildman–Crippen LogP) is 1.49. The number of carbonyl (C=O) groups excluding carboxylic acids is 1. The van der Waals surface area contributed by atoms with Crippen LogP contribution in [0.15, 0.2) is 60.7 Å². The van der Waals surface area contributed by atoms with Gasteiger partial charge in [0, 0.05) is 26.2 Å². The summed E-state index contributed by atoms with van der Waals surface area (Å²) in [5.74, 6) is 0.805. The third-order valence-electron chi connectivity index (χ3n) is 6.08. The number of aromatic nitrogens is 2. The predicted molar refractivity (Wildman–Crippen MR) is 132 cm³/mol. The number of rotatable bonds is 7. The largest absolute Gasteiger partial charge is 0.352 e. The Morgan fingerprint density at radius 2 is 1.74 bits per heavy atom. The van der Waals surface area contributed by atoms with Gasteiger partial charge in [-0.05, 0) is 35.4 Å². The van der Waals surface area contributed by atoms with Crippen LogP contribution in [0.4, 0.5) is 17.2 Å². The average molecular weight is 474 g/mol. The molecule has 3 aromatic rings. The van der Waals surface area contributed by atoms with Crippen molar-refractivity contribution in [1.29, 1.82) is 10.8 Å². The molecule has 0 unspecified atom stereocenters. The molecule has 1 aromatic heterocycles. The molecule has 3 heterocycles. The minimum atomic E-state index is 0.0987. The van der Waals surface area contributed by atoms with Gasteiger partial charge >= 0.3 is 0 Å². The van der Waals surface area contributed by atoms with Crippen LogP contribution in [0, 0.1) is 10.8 Å². The number of fused-ring (bicyclic) bond motifs is 1. The third-order valence-corrected chi connectivity index (χ3v) is 6.08. The van der Waals surface area contributed by atoms with Crippen LogP contribution in [0.2, 0.25) is 0 Å². The fraction of sp³-hybridized carbons (Fsp3) is 0.250. The molecule has 2 aliphatic rings. The summed E-state index contributed by atoms with van der Waals surface area (Å²) in [7, 11) is 0. The van der Waals surface area contributed by atoms with Crippen LogP contribution in [0.25, 0.3) is 0 Å². The van der Waals surface area contributed by atoms with Crippen LogP contribution in [0.5, 0.6) is 0 Å². The van der Waals surface area contributed by atoms with E-state index in [9.17, 15) is 4.79 Å². The summed E-state index contributed by atoms with van der Waals surface area (Å²) in [4.78, 5) is 22.6. The molecule has 0 radical (unpaired) electrons. The van der Waals surface area contributed by atoms with Gasteiger partial charge in [0.25, 0.3) is 0 Å². The lowest BCUT2D eigenvalue weighted by Crippen LogP contribution is -2.49. The lowest BCUT2D eigenvalue weighted by molar-refractivity contribution is -0.130. The van der Waals surface area contributed by atoms with Crippen LogP contribution in [-0.4, -0.2) is 53.1 Å². The van der Waals surface area contributed by atoms with Crippen molar-refractivity contribution in [2.45, 2.75) is 13.0 Å². The molecule has 5 rings (SSSR count). The zero-order valence-corrected chi connectivity index (χ0v) is 19.1. The maximum absolute atomic E-state index is 12.8. The summed E-state index contributed by atoms with van der Waals surface area (Å²) in [6, 6.07) is 19.2. The van der Waals surface area contributed by atoms with Gasteiger partial charge in [-0.3, -0.25) is 25.9 Å². The van der Waals surface area contributed by atoms with Gasteiger partial charge in [0.05, 0.1) is 12.1 Å². The van der Waals surface area contributed by atoms with E-state index in [4.69, 9.17) is 15.7 Å². The number of amides is 1. The first-order valence-electron chi connectivity index (χ1n) is 11.4. The number of nitrogens with one attached hydrogen (secondary N) is 4. The monoisotopic (exact) mass is 473 g/mol. The van der Waals surface area contributed by atoms with Crippen molar-refractivity contribution in [3.63, 3.8) is 0 Å². The zero-order valence-electron chi connectivity index (χ0n) is 19.1. The number of anilines is 3. The number of nitrogens with zero attached hydrogens (tertiary/aromatic N) is 5. The minimum absolute atomic E-state index is 0.0987. The van der Waals surface area contributed by atoms with E-state index in [-0.39, 0.29) is 11.4 Å². The normalized spacial score (nSPS) is 15.0. The Balaban J connectivity index is 1.11. The zero-order chi connectivity index (χ0) is 24.2. The van der Waals surface area contributed by atoms with E-state index in [1.165, 1.54) is 4.68 Å². The number of hydrogen-bond donors (Lipinski definition) is 4. The Labute approximate surface area is 202 Å². The van der Waals surface area contributed by atoms with Crippen molar-refractivity contribution in [1.82, 2.24) is 20.2 Å². The van der Waals surface area contributed by atoms with Gasteiger partial charge in [-0.25, -0.2) is 4.68 Å². The van der Waals surface area contributed by atoms with E-state index >= 15 is 0 Å². The van der Waals surface area contributed by atoms with Crippen LogP contribution in [-0.2, 0) is 22.7 Å². The second kappa shape index (κ2) is 9.95. The Kier molecular flexibility index (Phi) is 6.42. The Hall–Kier alpha value is -4.22. The van der Waals surface area contributed by atoms with Crippen LogP contribution < -0.4 is 26.5 Å². The molecule has 0 aliphatic carbocycles. The number of benzene rings is 2. The Bertz CT molecular complexity index is 1270. The highest BCUT2D eigenvalue weighted by Crippen LogP contribution is 2.28. The van der Waals surface area contributed by atoms with Gasteiger partial charge in [-0.1, -0.05) is 36.4 Å². The van der Waals surface area contributed by atoms with Gasteiger partial charge < -0.3 is 9.80 Å². The Morgan fingerprint density at radius 1 is 1.00 bits per heavy atom. The molecule has 180 valence electrons. The van der Waals surface area contributed by atoms with Crippen molar-refractivity contribution in [3.8, 4) is 0 Å². The Morgan fingerprint density at radius 3 is 2.51 bits per heavy atom. The van der Waals surface area contributed by atoms with Crippen molar-refractivity contribution in [3.05, 3.63) is 77.3 Å². The van der Waals surface area contributed by atoms with Gasteiger partial charge in [0.15, 0.2) is 0 Å². The van der Waals surface area contributed by atoms with Gasteiger partial charge in [0.2, 0.25) is 5.91 Å². The number of hydrogen-bond acceptors (Lipinski definition) is 9. The first-order chi connectivity index (χ1) is 17.1. The fourth-order valence-electron chi connectivity index (χ4n) is 4.09. The molecular formula is C24H27N9O2. The van der Waals surface area contributed by atoms with Gasteiger partial charge in [0.1, 0.15) is 29.9 Å². The minimum Gasteiger partial charge on any atom is -0.352 e. The molecule has 0 atom stereocenters. The number of piperazine rings is 1. The standard InChI is InChI=1S/C24H27N9O2/c25-17-32-22(26)9-10-23(28-32)30-11-13-31(14-12-30)24(34)15-18-5-7-19(8-6-18)16-35-33-21-4-2-1-3-20(21)27-29-33/h1-10,17,25-27,29H,11-16H2. The van der Waals surface area contributed by atoms with Gasteiger partial charge in [-0.2, -0.15) is 5.17 Å². The first-order valence-corrected chi connectivity index (χ1v) is 11.4. The van der Waals surface area contributed by atoms with E-state index in [1.807, 2.05) is 53.4 Å². The molecule has 2 aliphatic heterocycles. The molecule has 11 heteroatoms. The summed E-state index contributed by atoms with van der Waals surface area (Å²) >= 11 is 0. The number of hydrazine groups is 2. The molecule has 1 saturated heterocycles. The highest BCUT2D eigenvalue weighted by molar-refractivity contribution is 5.79. The molecule has 11 nitrogen and oxygen atoms in total. The van der Waals surface area contributed by atoms with E-state index in [1.54, 1.807) is 17.3 Å². The average Bonchev–Trinajstić information content (AvgIpc) is 3.32. The maximum atomic E-state index is 12.8. The summed E-state index contributed by atoms with van der Waals surface area (Å²) in [6.45, 7) is 2.93. The summed E-state index contributed by atoms with van der Waals surface area (Å²) in [5, 5.41) is 21.0. The highest BCUT2D eigenvalue weighted by atomic mass is 16.7. The van der Waals surface area contributed by atoms with Gasteiger partial charge in [-0.15, -0.1) is 10.6 Å². The highest BCUT2D eigenvalue weighted by Gasteiger charge is 2.22. The topological polar surface area (TPSA) is 126 Å². The van der Waals surface area contributed by atoms with Crippen molar-refractivity contribution < 1.29 is 9.63 Å². The molecule has 0 bridgehead atoms. The van der Waals surface area contributed by atoms with Crippen molar-refractivity contribution >= 4 is 29.4 Å². The van der Waals surface area contributed by atoms with E-state index in [0.717, 1.165) is 28.8 Å². The number of para-hydroxylation sites is 2. The molecule has 0 spiro atoms. The lowest BCUT2D eigenvalue weighted by atomic mass is 10.1. The molecule has 1 fully saturated rings. The first kappa shape index (κ1) is 22.6. The summed E-state index contributed by atoms with van der Waals surface area (Å²) in [6.07, 6.45) is 1.37. The van der Waals surface area contributed by atoms with Crippen LogP contribution in [0.1, 0.15) is 11.1 Å². The molecule has 35 heavy (non-hydrogen) atoms. The summed E-state index contributed by atoms with van der Waals surface area (Å²) < 4.78 is 1.22. The number of carbonyl (C=O) groups is 1.